The first-order valence-electron chi connectivity index (χ1n) is 6.16. The van der Waals surface area contributed by atoms with E-state index in [9.17, 15) is 0 Å². The Labute approximate surface area is 101 Å². The monoisotopic (exact) mass is 227 g/mol. The second kappa shape index (κ2) is 4.34. The predicted octanol–water partition coefficient (Wildman–Crippen LogP) is 2.27. The Bertz CT molecular complexity index is 501. The first kappa shape index (κ1) is 10.5. The van der Waals surface area contributed by atoms with Gasteiger partial charge in [0, 0.05) is 37.4 Å². The molecule has 0 bridgehead atoms. The van der Waals surface area contributed by atoms with Crippen molar-refractivity contribution >= 4 is 0 Å². The molecule has 2 aromatic heterocycles. The number of aryl methyl sites for hydroxylation is 1. The summed E-state index contributed by atoms with van der Waals surface area (Å²) in [6, 6.07) is 4.34. The Morgan fingerprint density at radius 3 is 2.88 bits per heavy atom. The molecule has 1 aliphatic rings. The Kier molecular flexibility index (Phi) is 2.69. The molecule has 17 heavy (non-hydrogen) atoms. The predicted molar refractivity (Wildman–Crippen MR) is 67.6 cm³/mol. The fourth-order valence-corrected chi connectivity index (χ4v) is 2.57. The molecule has 2 aromatic rings. The van der Waals surface area contributed by atoms with E-state index in [0.29, 0.717) is 0 Å². The quantitative estimate of drug-likeness (QED) is 0.855. The molecule has 0 aliphatic heterocycles. The summed E-state index contributed by atoms with van der Waals surface area (Å²) in [5.74, 6) is 0. The van der Waals surface area contributed by atoms with Crippen molar-refractivity contribution in [1.82, 2.24) is 9.55 Å². The number of fused-ring (bicyclic) bond motifs is 1. The second-order valence-electron chi connectivity index (χ2n) is 4.77. The van der Waals surface area contributed by atoms with Gasteiger partial charge in [0.05, 0.1) is 0 Å². The Morgan fingerprint density at radius 2 is 2.12 bits per heavy atom. The summed E-state index contributed by atoms with van der Waals surface area (Å²) < 4.78 is 2.24. The van der Waals surface area contributed by atoms with E-state index in [2.05, 4.69) is 34.1 Å². The van der Waals surface area contributed by atoms with Crippen LogP contribution in [0.2, 0.25) is 0 Å². The molecule has 2 heterocycles. The number of hydrogen-bond donors (Lipinski definition) is 1. The van der Waals surface area contributed by atoms with Crippen molar-refractivity contribution in [2.75, 3.05) is 0 Å². The Hall–Kier alpha value is -1.61. The summed E-state index contributed by atoms with van der Waals surface area (Å²) in [5.41, 5.74) is 10.2. The van der Waals surface area contributed by atoms with Gasteiger partial charge in [-0.25, -0.2) is 0 Å². The van der Waals surface area contributed by atoms with E-state index < -0.39 is 0 Å². The van der Waals surface area contributed by atoms with E-state index in [1.165, 1.54) is 29.5 Å². The zero-order chi connectivity index (χ0) is 11.7. The highest BCUT2D eigenvalue weighted by atomic mass is 14.9. The third-order valence-corrected chi connectivity index (χ3v) is 3.47. The molecule has 0 saturated carbocycles. The smallest absolute Gasteiger partial charge is 0.0471 e. The van der Waals surface area contributed by atoms with Crippen LogP contribution in [0.5, 0.6) is 0 Å². The summed E-state index contributed by atoms with van der Waals surface area (Å²) in [7, 11) is 0. The van der Waals surface area contributed by atoms with Gasteiger partial charge in [-0.2, -0.15) is 0 Å². The molecule has 2 N–H and O–H groups in total. The molecule has 3 rings (SSSR count). The molecule has 0 radical (unpaired) electrons. The van der Waals surface area contributed by atoms with E-state index in [0.717, 1.165) is 13.0 Å². The van der Waals surface area contributed by atoms with Crippen LogP contribution in [-0.2, 0) is 13.0 Å². The molecule has 1 unspecified atom stereocenters. The van der Waals surface area contributed by atoms with Gasteiger partial charge in [0.2, 0.25) is 0 Å². The molecule has 0 spiro atoms. The minimum absolute atomic E-state index is 0.234. The molecule has 0 fully saturated rings. The first-order chi connectivity index (χ1) is 8.33. The highest BCUT2D eigenvalue weighted by Gasteiger charge is 2.18. The number of aromatic nitrogens is 2. The van der Waals surface area contributed by atoms with E-state index in [4.69, 9.17) is 5.73 Å². The van der Waals surface area contributed by atoms with Crippen molar-refractivity contribution in [3.8, 4) is 0 Å². The lowest BCUT2D eigenvalue weighted by Gasteiger charge is -2.17. The van der Waals surface area contributed by atoms with Crippen molar-refractivity contribution in [3.05, 3.63) is 53.6 Å². The maximum atomic E-state index is 6.13. The van der Waals surface area contributed by atoms with Crippen LogP contribution in [0.4, 0.5) is 0 Å². The summed E-state index contributed by atoms with van der Waals surface area (Å²) in [6.45, 7) is 0.905. The van der Waals surface area contributed by atoms with Crippen LogP contribution in [0.25, 0.3) is 0 Å². The maximum absolute atomic E-state index is 6.13. The lowest BCUT2D eigenvalue weighted by atomic mass is 9.92. The zero-order valence-corrected chi connectivity index (χ0v) is 9.84. The molecular formula is C14H17N3. The van der Waals surface area contributed by atoms with Gasteiger partial charge < -0.3 is 10.3 Å². The summed E-state index contributed by atoms with van der Waals surface area (Å²) in [5, 5.41) is 0. The SMILES string of the molecule is NC1CCCc2cn(Cc3ccncc3)cc21. The number of hydrogen-bond acceptors (Lipinski definition) is 2. The molecular weight excluding hydrogens is 210 g/mol. The summed E-state index contributed by atoms with van der Waals surface area (Å²) in [4.78, 5) is 4.03. The highest BCUT2D eigenvalue weighted by molar-refractivity contribution is 5.30. The van der Waals surface area contributed by atoms with Crippen LogP contribution in [0, 0.1) is 0 Å². The second-order valence-corrected chi connectivity index (χ2v) is 4.77. The van der Waals surface area contributed by atoms with Gasteiger partial charge in [-0.1, -0.05) is 0 Å². The van der Waals surface area contributed by atoms with Crippen LogP contribution in [0.1, 0.15) is 35.6 Å². The van der Waals surface area contributed by atoms with Crippen molar-refractivity contribution in [3.63, 3.8) is 0 Å². The molecule has 1 atom stereocenters. The normalized spacial score (nSPS) is 19.0. The minimum Gasteiger partial charge on any atom is -0.349 e. The minimum atomic E-state index is 0.234. The lowest BCUT2D eigenvalue weighted by molar-refractivity contribution is 0.573. The van der Waals surface area contributed by atoms with Gasteiger partial charge in [0.25, 0.3) is 0 Å². The van der Waals surface area contributed by atoms with E-state index in [1.54, 1.807) is 0 Å². The Balaban J connectivity index is 1.85. The first-order valence-corrected chi connectivity index (χ1v) is 6.16. The molecule has 3 nitrogen and oxygen atoms in total. The average Bonchev–Trinajstić information content (AvgIpc) is 2.74. The number of nitrogens with zero attached hydrogens (tertiary/aromatic N) is 2. The van der Waals surface area contributed by atoms with Gasteiger partial charge in [-0.3, -0.25) is 4.98 Å². The summed E-state index contributed by atoms with van der Waals surface area (Å²) >= 11 is 0. The zero-order valence-electron chi connectivity index (χ0n) is 9.84. The van der Waals surface area contributed by atoms with Crippen LogP contribution in [0.3, 0.4) is 0 Å². The van der Waals surface area contributed by atoms with Crippen LogP contribution < -0.4 is 5.73 Å². The fourth-order valence-electron chi connectivity index (χ4n) is 2.57. The van der Waals surface area contributed by atoms with E-state index >= 15 is 0 Å². The molecule has 88 valence electrons. The maximum Gasteiger partial charge on any atom is 0.0471 e. The molecule has 0 saturated heterocycles. The van der Waals surface area contributed by atoms with Crippen molar-refractivity contribution in [1.29, 1.82) is 0 Å². The van der Waals surface area contributed by atoms with Crippen LogP contribution >= 0.6 is 0 Å². The average molecular weight is 227 g/mol. The number of rotatable bonds is 2. The van der Waals surface area contributed by atoms with Gasteiger partial charge in [-0.05, 0) is 48.1 Å². The van der Waals surface area contributed by atoms with Crippen molar-refractivity contribution < 1.29 is 0 Å². The standard InChI is InChI=1S/C14H17N3/c15-14-3-1-2-12-9-17(10-13(12)14)8-11-4-6-16-7-5-11/h4-7,9-10,14H,1-3,8,15H2. The van der Waals surface area contributed by atoms with Crippen LogP contribution in [-0.4, -0.2) is 9.55 Å². The topological polar surface area (TPSA) is 43.8 Å². The molecule has 0 aromatic carbocycles. The largest absolute Gasteiger partial charge is 0.349 e. The van der Waals surface area contributed by atoms with Crippen molar-refractivity contribution in [2.24, 2.45) is 5.73 Å². The fraction of sp³-hybridized carbons (Fsp3) is 0.357. The Morgan fingerprint density at radius 1 is 1.29 bits per heavy atom. The van der Waals surface area contributed by atoms with Gasteiger partial charge in [0.15, 0.2) is 0 Å². The third-order valence-electron chi connectivity index (χ3n) is 3.47. The van der Waals surface area contributed by atoms with E-state index in [-0.39, 0.29) is 6.04 Å². The lowest BCUT2D eigenvalue weighted by Crippen LogP contribution is -2.15. The molecule has 1 aliphatic carbocycles. The number of nitrogens with two attached hydrogens (primary N) is 1. The molecule has 0 amide bonds. The molecule has 3 heteroatoms. The van der Waals surface area contributed by atoms with Gasteiger partial charge >= 0.3 is 0 Å². The number of pyridine rings is 1. The van der Waals surface area contributed by atoms with Gasteiger partial charge in [0.1, 0.15) is 0 Å². The van der Waals surface area contributed by atoms with Gasteiger partial charge in [-0.15, -0.1) is 0 Å². The van der Waals surface area contributed by atoms with E-state index in [1.807, 2.05) is 12.4 Å². The van der Waals surface area contributed by atoms with Crippen molar-refractivity contribution in [2.45, 2.75) is 31.8 Å². The summed E-state index contributed by atoms with van der Waals surface area (Å²) in [6.07, 6.45) is 11.6. The highest BCUT2D eigenvalue weighted by Crippen LogP contribution is 2.28. The third kappa shape index (κ3) is 2.11. The van der Waals surface area contributed by atoms with Crippen LogP contribution in [0.15, 0.2) is 36.9 Å².